The molecule has 0 bridgehead atoms. The van der Waals surface area contributed by atoms with Gasteiger partial charge in [-0.25, -0.2) is 0 Å². The summed E-state index contributed by atoms with van der Waals surface area (Å²) in [5.41, 5.74) is 1.93. The maximum Gasteiger partial charge on any atom is 0.266 e. The second-order valence-electron chi connectivity index (χ2n) is 5.83. The number of rotatable bonds is 8. The van der Waals surface area contributed by atoms with Crippen molar-refractivity contribution in [1.82, 2.24) is 0 Å². The number of amides is 1. The Labute approximate surface area is 178 Å². The van der Waals surface area contributed by atoms with Crippen LogP contribution in [-0.4, -0.2) is 19.6 Å². The number of nitriles is 1. The molecule has 29 heavy (non-hydrogen) atoms. The molecule has 0 heterocycles. The lowest BCUT2D eigenvalue weighted by molar-refractivity contribution is -0.112. The van der Waals surface area contributed by atoms with E-state index in [1.807, 2.05) is 12.1 Å². The minimum absolute atomic E-state index is 0.0473. The number of allylic oxidation sites excluding steroid dienone is 1. The lowest BCUT2D eigenvalue weighted by atomic mass is 10.0. The standard InChI is InChI=1S/C23H19BrN2O3/c1-4-7-17-11-16(13-21(28-3)22(17)29-10-5-2)12-18(15-25)23(27)26-20-9-6-8-19(24)14-20/h2,4,6,8-9,11-14H,1,7,10H2,3H3,(H,26,27)/b18-12-. The van der Waals surface area contributed by atoms with Gasteiger partial charge in [-0.05, 0) is 48.4 Å². The van der Waals surface area contributed by atoms with Gasteiger partial charge in [-0.2, -0.15) is 5.26 Å². The summed E-state index contributed by atoms with van der Waals surface area (Å²) >= 11 is 3.35. The highest BCUT2D eigenvalue weighted by Crippen LogP contribution is 2.34. The van der Waals surface area contributed by atoms with Crippen molar-refractivity contribution in [3.05, 3.63) is 70.2 Å². The van der Waals surface area contributed by atoms with E-state index in [1.165, 1.54) is 13.2 Å². The van der Waals surface area contributed by atoms with E-state index >= 15 is 0 Å². The largest absolute Gasteiger partial charge is 0.493 e. The normalized spacial score (nSPS) is 10.4. The maximum absolute atomic E-state index is 12.5. The van der Waals surface area contributed by atoms with Crippen molar-refractivity contribution in [1.29, 1.82) is 5.26 Å². The Morgan fingerprint density at radius 3 is 2.79 bits per heavy atom. The summed E-state index contributed by atoms with van der Waals surface area (Å²) in [6, 6.07) is 12.5. The first-order chi connectivity index (χ1) is 14.0. The number of hydrogen-bond donors (Lipinski definition) is 1. The van der Waals surface area contributed by atoms with Gasteiger partial charge in [0.25, 0.3) is 5.91 Å². The molecule has 0 atom stereocenters. The van der Waals surface area contributed by atoms with E-state index in [2.05, 4.69) is 33.7 Å². The number of carbonyl (C=O) groups excluding carboxylic acids is 1. The number of methoxy groups -OCH3 is 1. The molecule has 146 valence electrons. The molecule has 0 saturated carbocycles. The van der Waals surface area contributed by atoms with Crippen molar-refractivity contribution >= 4 is 33.6 Å². The molecular weight excluding hydrogens is 432 g/mol. The van der Waals surface area contributed by atoms with Crippen molar-refractivity contribution in [2.24, 2.45) is 0 Å². The molecule has 5 nitrogen and oxygen atoms in total. The van der Waals surface area contributed by atoms with E-state index in [1.54, 1.807) is 36.4 Å². The molecule has 0 saturated heterocycles. The molecule has 0 aliphatic rings. The third kappa shape index (κ3) is 6.00. The Kier molecular flexibility index (Phi) is 8.09. The fraction of sp³-hybridized carbons (Fsp3) is 0.130. The number of ether oxygens (including phenoxy) is 2. The van der Waals surface area contributed by atoms with Crippen molar-refractivity contribution in [2.45, 2.75) is 6.42 Å². The molecular formula is C23H19BrN2O3. The van der Waals surface area contributed by atoms with Gasteiger partial charge in [-0.3, -0.25) is 4.79 Å². The monoisotopic (exact) mass is 450 g/mol. The number of nitrogens with one attached hydrogen (secondary N) is 1. The summed E-state index contributed by atoms with van der Waals surface area (Å²) in [5.74, 6) is 2.88. The summed E-state index contributed by atoms with van der Waals surface area (Å²) in [7, 11) is 1.51. The highest BCUT2D eigenvalue weighted by atomic mass is 79.9. The van der Waals surface area contributed by atoms with Gasteiger partial charge in [-0.1, -0.05) is 34.0 Å². The van der Waals surface area contributed by atoms with Gasteiger partial charge in [-0.15, -0.1) is 13.0 Å². The molecule has 1 amide bonds. The molecule has 1 N–H and O–H groups in total. The van der Waals surface area contributed by atoms with Crippen molar-refractivity contribution in [3.8, 4) is 29.9 Å². The zero-order chi connectivity index (χ0) is 21.2. The van der Waals surface area contributed by atoms with Gasteiger partial charge in [0.15, 0.2) is 11.5 Å². The minimum Gasteiger partial charge on any atom is -0.493 e. The zero-order valence-electron chi connectivity index (χ0n) is 15.9. The topological polar surface area (TPSA) is 71.3 Å². The van der Waals surface area contributed by atoms with E-state index in [9.17, 15) is 10.1 Å². The van der Waals surface area contributed by atoms with Crippen LogP contribution < -0.4 is 14.8 Å². The Hall–Kier alpha value is -3.48. The first-order valence-corrected chi connectivity index (χ1v) is 9.38. The second kappa shape index (κ2) is 10.8. The summed E-state index contributed by atoms with van der Waals surface area (Å²) in [6.45, 7) is 3.84. The van der Waals surface area contributed by atoms with Crippen molar-refractivity contribution < 1.29 is 14.3 Å². The van der Waals surface area contributed by atoms with Gasteiger partial charge >= 0.3 is 0 Å². The van der Waals surface area contributed by atoms with Crippen LogP contribution in [0.3, 0.4) is 0 Å². The molecule has 0 aliphatic carbocycles. The Balaban J connectivity index is 2.40. The van der Waals surface area contributed by atoms with E-state index in [0.717, 1.165) is 10.0 Å². The summed E-state index contributed by atoms with van der Waals surface area (Å²) in [5, 5.41) is 12.2. The fourth-order valence-electron chi connectivity index (χ4n) is 2.58. The average molecular weight is 451 g/mol. The summed E-state index contributed by atoms with van der Waals surface area (Å²) < 4.78 is 11.8. The van der Waals surface area contributed by atoms with Gasteiger partial charge in [0.05, 0.1) is 7.11 Å². The number of nitrogens with zero attached hydrogens (tertiary/aromatic N) is 1. The molecule has 0 fully saturated rings. The third-order valence-electron chi connectivity index (χ3n) is 3.80. The van der Waals surface area contributed by atoms with Crippen LogP contribution in [0.25, 0.3) is 6.08 Å². The minimum atomic E-state index is -0.512. The lowest BCUT2D eigenvalue weighted by Crippen LogP contribution is -2.13. The first kappa shape index (κ1) is 21.8. The average Bonchev–Trinajstić information content (AvgIpc) is 2.71. The zero-order valence-corrected chi connectivity index (χ0v) is 17.5. The molecule has 2 rings (SSSR count). The number of halogens is 1. The van der Waals surface area contributed by atoms with Crippen molar-refractivity contribution in [2.75, 3.05) is 19.0 Å². The van der Waals surface area contributed by atoms with Gasteiger partial charge in [0.1, 0.15) is 18.2 Å². The lowest BCUT2D eigenvalue weighted by Gasteiger charge is -2.14. The number of carbonyl (C=O) groups is 1. The van der Waals surface area contributed by atoms with Gasteiger partial charge in [0, 0.05) is 15.7 Å². The first-order valence-electron chi connectivity index (χ1n) is 8.59. The number of anilines is 1. The Bertz CT molecular complexity index is 1030. The molecule has 2 aromatic carbocycles. The van der Waals surface area contributed by atoms with Crippen LogP contribution in [0, 0.1) is 23.7 Å². The van der Waals surface area contributed by atoms with E-state index in [-0.39, 0.29) is 12.2 Å². The number of benzene rings is 2. The van der Waals surface area contributed by atoms with Crippen LogP contribution >= 0.6 is 15.9 Å². The van der Waals surface area contributed by atoms with Crippen LogP contribution in [-0.2, 0) is 11.2 Å². The van der Waals surface area contributed by atoms with Crippen molar-refractivity contribution in [3.63, 3.8) is 0 Å². The van der Waals surface area contributed by atoms with E-state index in [4.69, 9.17) is 15.9 Å². The quantitative estimate of drug-likeness (QED) is 0.272. The predicted octanol–water partition coefficient (Wildman–Crippen LogP) is 4.74. The number of hydrogen-bond acceptors (Lipinski definition) is 4. The smallest absolute Gasteiger partial charge is 0.266 e. The Morgan fingerprint density at radius 2 is 2.17 bits per heavy atom. The van der Waals surface area contributed by atoms with E-state index < -0.39 is 5.91 Å². The van der Waals surface area contributed by atoms with Crippen LogP contribution in [0.2, 0.25) is 0 Å². The predicted molar refractivity (Wildman–Crippen MR) is 118 cm³/mol. The highest BCUT2D eigenvalue weighted by molar-refractivity contribution is 9.10. The van der Waals surface area contributed by atoms with Crippen LogP contribution in [0.1, 0.15) is 11.1 Å². The molecule has 6 heteroatoms. The van der Waals surface area contributed by atoms with E-state index in [0.29, 0.717) is 29.2 Å². The summed E-state index contributed by atoms with van der Waals surface area (Å²) in [6.07, 6.45) is 9.00. The Morgan fingerprint density at radius 1 is 1.38 bits per heavy atom. The molecule has 0 unspecified atom stereocenters. The van der Waals surface area contributed by atoms with Gasteiger partial charge < -0.3 is 14.8 Å². The molecule has 0 radical (unpaired) electrons. The SMILES string of the molecule is C#CCOc1c(CC=C)cc(/C=C(/C#N)C(=O)Nc2cccc(Br)c2)cc1OC. The maximum atomic E-state index is 12.5. The molecule has 2 aromatic rings. The number of terminal acetylenes is 1. The summed E-state index contributed by atoms with van der Waals surface area (Å²) in [4.78, 5) is 12.5. The third-order valence-corrected chi connectivity index (χ3v) is 4.29. The second-order valence-corrected chi connectivity index (χ2v) is 6.75. The van der Waals surface area contributed by atoms with Crippen LogP contribution in [0.4, 0.5) is 5.69 Å². The highest BCUT2D eigenvalue weighted by Gasteiger charge is 2.14. The van der Waals surface area contributed by atoms with Crippen LogP contribution in [0.5, 0.6) is 11.5 Å². The molecule has 0 aliphatic heterocycles. The van der Waals surface area contributed by atoms with Gasteiger partial charge in [0.2, 0.25) is 0 Å². The molecule has 0 aromatic heterocycles. The van der Waals surface area contributed by atoms with Crippen LogP contribution in [0.15, 0.2) is 59.1 Å². The fourth-order valence-corrected chi connectivity index (χ4v) is 2.98. The molecule has 0 spiro atoms.